The van der Waals surface area contributed by atoms with E-state index in [1.54, 1.807) is 0 Å². The zero-order chi connectivity index (χ0) is 14.8. The van der Waals surface area contributed by atoms with Crippen molar-refractivity contribution >= 4 is 12.4 Å². The molecule has 2 N–H and O–H groups in total. The highest BCUT2D eigenvalue weighted by atomic mass is 35.5. The summed E-state index contributed by atoms with van der Waals surface area (Å²) < 4.78 is 2.01. The van der Waals surface area contributed by atoms with Crippen LogP contribution in [0.3, 0.4) is 0 Å². The predicted octanol–water partition coefficient (Wildman–Crippen LogP) is 2.81. The van der Waals surface area contributed by atoms with Crippen LogP contribution in [0.2, 0.25) is 0 Å². The lowest BCUT2D eigenvalue weighted by atomic mass is 9.95. The van der Waals surface area contributed by atoms with Crippen molar-refractivity contribution < 1.29 is 0 Å². The van der Waals surface area contributed by atoms with Gasteiger partial charge in [0.2, 0.25) is 0 Å². The maximum absolute atomic E-state index is 6.35. The second-order valence-corrected chi connectivity index (χ2v) is 6.30. The number of nitrogens with two attached hydrogens (primary N) is 1. The summed E-state index contributed by atoms with van der Waals surface area (Å²) in [6.07, 6.45) is 4.12. The Labute approximate surface area is 138 Å². The van der Waals surface area contributed by atoms with Crippen LogP contribution in [-0.4, -0.2) is 33.8 Å². The van der Waals surface area contributed by atoms with Gasteiger partial charge in [-0.05, 0) is 19.4 Å². The van der Waals surface area contributed by atoms with Crippen LogP contribution in [0.5, 0.6) is 0 Å². The van der Waals surface area contributed by atoms with Crippen LogP contribution in [0.25, 0.3) is 0 Å². The first-order valence-corrected chi connectivity index (χ1v) is 7.69. The number of nitrogens with zero attached hydrogens (tertiary/aromatic N) is 3. The summed E-state index contributed by atoms with van der Waals surface area (Å²) in [5.41, 5.74) is 8.97. The Hall–Kier alpha value is -1.36. The molecule has 1 aliphatic heterocycles. The molecule has 0 aliphatic carbocycles. The molecule has 0 radical (unpaired) electrons. The molecular weight excluding hydrogens is 296 g/mol. The van der Waals surface area contributed by atoms with Crippen molar-refractivity contribution in [2.75, 3.05) is 13.1 Å². The number of hydrogen-bond acceptors (Lipinski definition) is 3. The van der Waals surface area contributed by atoms with Crippen LogP contribution in [0, 0.1) is 0 Å². The standard InChI is InChI=1S/C17H24N4.ClH/c1-13(2)21-10-14(8-19-21)9-20-11-16(17(18)12-20)15-6-4-3-5-7-15;/h3-8,10,13,16-17H,9,11-12,18H2,1-2H3;1H/t16-,17+;/m0./s1. The molecule has 1 fully saturated rings. The normalized spacial score (nSPS) is 22.0. The minimum absolute atomic E-state index is 0. The summed E-state index contributed by atoms with van der Waals surface area (Å²) in [6, 6.07) is 11.2. The predicted molar refractivity (Wildman–Crippen MR) is 92.3 cm³/mol. The highest BCUT2D eigenvalue weighted by Gasteiger charge is 2.31. The molecule has 0 saturated carbocycles. The van der Waals surface area contributed by atoms with Gasteiger partial charge in [-0.3, -0.25) is 9.58 Å². The quantitative estimate of drug-likeness (QED) is 0.942. The Kier molecular flexibility index (Phi) is 5.62. The first kappa shape index (κ1) is 17.0. The second kappa shape index (κ2) is 7.27. The molecule has 0 bridgehead atoms. The van der Waals surface area contributed by atoms with E-state index in [0.717, 1.165) is 19.6 Å². The minimum Gasteiger partial charge on any atom is -0.326 e. The first-order chi connectivity index (χ1) is 10.1. The van der Waals surface area contributed by atoms with Gasteiger partial charge in [-0.15, -0.1) is 12.4 Å². The molecule has 4 nitrogen and oxygen atoms in total. The van der Waals surface area contributed by atoms with Gasteiger partial charge in [-0.1, -0.05) is 30.3 Å². The van der Waals surface area contributed by atoms with E-state index in [0.29, 0.717) is 12.0 Å². The van der Waals surface area contributed by atoms with E-state index >= 15 is 0 Å². The molecule has 22 heavy (non-hydrogen) atoms. The summed E-state index contributed by atoms with van der Waals surface area (Å²) in [5, 5.41) is 4.41. The van der Waals surface area contributed by atoms with Gasteiger partial charge in [-0.25, -0.2) is 0 Å². The van der Waals surface area contributed by atoms with Gasteiger partial charge >= 0.3 is 0 Å². The summed E-state index contributed by atoms with van der Waals surface area (Å²) in [5.74, 6) is 0.436. The first-order valence-electron chi connectivity index (χ1n) is 7.69. The van der Waals surface area contributed by atoms with Crippen molar-refractivity contribution in [2.24, 2.45) is 5.73 Å². The molecule has 120 valence electrons. The summed E-state index contributed by atoms with van der Waals surface area (Å²) in [4.78, 5) is 2.43. The Morgan fingerprint density at radius 1 is 1.23 bits per heavy atom. The lowest BCUT2D eigenvalue weighted by Gasteiger charge is -2.15. The molecule has 0 amide bonds. The fraction of sp³-hybridized carbons (Fsp3) is 0.471. The van der Waals surface area contributed by atoms with Gasteiger partial charge in [0, 0.05) is 49.4 Å². The van der Waals surface area contributed by atoms with Crippen molar-refractivity contribution in [3.63, 3.8) is 0 Å². The molecule has 2 atom stereocenters. The van der Waals surface area contributed by atoms with Gasteiger partial charge < -0.3 is 5.73 Å². The van der Waals surface area contributed by atoms with Gasteiger partial charge in [0.15, 0.2) is 0 Å². The number of aromatic nitrogens is 2. The maximum Gasteiger partial charge on any atom is 0.0534 e. The van der Waals surface area contributed by atoms with E-state index in [9.17, 15) is 0 Å². The molecule has 5 heteroatoms. The van der Waals surface area contributed by atoms with E-state index in [-0.39, 0.29) is 18.4 Å². The minimum atomic E-state index is 0. The zero-order valence-corrected chi connectivity index (χ0v) is 14.0. The third-order valence-electron chi connectivity index (χ3n) is 4.26. The smallest absolute Gasteiger partial charge is 0.0534 e. The average molecular weight is 321 g/mol. The van der Waals surface area contributed by atoms with Crippen molar-refractivity contribution in [1.82, 2.24) is 14.7 Å². The van der Waals surface area contributed by atoms with Crippen molar-refractivity contribution in [2.45, 2.75) is 38.4 Å². The fourth-order valence-electron chi connectivity index (χ4n) is 3.10. The maximum atomic E-state index is 6.35. The number of likely N-dealkylation sites (tertiary alicyclic amines) is 1. The van der Waals surface area contributed by atoms with Crippen LogP contribution in [0.4, 0.5) is 0 Å². The Balaban J connectivity index is 0.00000176. The summed E-state index contributed by atoms with van der Waals surface area (Å²) >= 11 is 0. The number of halogens is 1. The van der Waals surface area contributed by atoms with Gasteiger partial charge in [0.05, 0.1) is 6.20 Å². The van der Waals surface area contributed by atoms with Crippen molar-refractivity contribution in [1.29, 1.82) is 0 Å². The van der Waals surface area contributed by atoms with Gasteiger partial charge in [0.1, 0.15) is 0 Å². The van der Waals surface area contributed by atoms with Crippen LogP contribution in [0.1, 0.15) is 36.9 Å². The van der Waals surface area contributed by atoms with E-state index < -0.39 is 0 Å². The highest BCUT2D eigenvalue weighted by molar-refractivity contribution is 5.85. The van der Waals surface area contributed by atoms with Crippen LogP contribution < -0.4 is 5.73 Å². The van der Waals surface area contributed by atoms with Crippen LogP contribution >= 0.6 is 12.4 Å². The average Bonchev–Trinajstić information content (AvgIpc) is 3.07. The monoisotopic (exact) mass is 320 g/mol. The van der Waals surface area contributed by atoms with E-state index in [1.807, 2.05) is 10.9 Å². The SMILES string of the molecule is CC(C)n1cc(CN2C[C@@H](N)[C@H](c3ccccc3)C2)cn1.Cl. The van der Waals surface area contributed by atoms with E-state index in [2.05, 4.69) is 60.4 Å². The lowest BCUT2D eigenvalue weighted by Crippen LogP contribution is -2.28. The molecule has 0 spiro atoms. The third kappa shape index (κ3) is 3.69. The molecule has 1 saturated heterocycles. The Morgan fingerprint density at radius 3 is 2.59 bits per heavy atom. The molecule has 2 aromatic rings. The van der Waals surface area contributed by atoms with Crippen molar-refractivity contribution in [3.05, 3.63) is 53.9 Å². The zero-order valence-electron chi connectivity index (χ0n) is 13.2. The molecule has 1 aromatic carbocycles. The summed E-state index contributed by atoms with van der Waals surface area (Å²) in [7, 11) is 0. The Bertz CT molecular complexity index is 581. The molecule has 1 aliphatic rings. The van der Waals surface area contributed by atoms with Crippen LogP contribution in [-0.2, 0) is 6.54 Å². The molecular formula is C17H25ClN4. The van der Waals surface area contributed by atoms with Gasteiger partial charge in [0.25, 0.3) is 0 Å². The molecule has 2 heterocycles. The largest absolute Gasteiger partial charge is 0.326 e. The van der Waals surface area contributed by atoms with Crippen LogP contribution in [0.15, 0.2) is 42.7 Å². The van der Waals surface area contributed by atoms with E-state index in [1.165, 1.54) is 11.1 Å². The summed E-state index contributed by atoms with van der Waals surface area (Å²) in [6.45, 7) is 7.20. The fourth-order valence-corrected chi connectivity index (χ4v) is 3.10. The second-order valence-electron chi connectivity index (χ2n) is 6.30. The topological polar surface area (TPSA) is 47.1 Å². The molecule has 0 unspecified atom stereocenters. The van der Waals surface area contributed by atoms with Gasteiger partial charge in [-0.2, -0.15) is 5.10 Å². The number of hydrogen-bond donors (Lipinski definition) is 1. The Morgan fingerprint density at radius 2 is 1.95 bits per heavy atom. The molecule has 1 aromatic heterocycles. The lowest BCUT2D eigenvalue weighted by molar-refractivity contribution is 0.323. The molecule has 3 rings (SSSR count). The number of benzene rings is 1. The van der Waals surface area contributed by atoms with E-state index in [4.69, 9.17) is 5.73 Å². The number of rotatable bonds is 4. The highest BCUT2D eigenvalue weighted by Crippen LogP contribution is 2.27. The van der Waals surface area contributed by atoms with Crippen molar-refractivity contribution in [3.8, 4) is 0 Å². The third-order valence-corrected chi connectivity index (χ3v) is 4.26.